The number of imide groups is 1. The Kier molecular flexibility index (Phi) is 7.43. The fraction of sp³-hybridized carbons (Fsp3) is 0.261. The minimum absolute atomic E-state index is 0.0891. The average Bonchev–Trinajstić information content (AvgIpc) is 3.04. The summed E-state index contributed by atoms with van der Waals surface area (Å²) in [6.07, 6.45) is -1.12. The summed E-state index contributed by atoms with van der Waals surface area (Å²) in [5.41, 5.74) is 4.57. The van der Waals surface area contributed by atoms with Crippen LogP contribution in [0.5, 0.6) is 0 Å². The lowest BCUT2D eigenvalue weighted by Crippen LogP contribution is -2.35. The molecule has 32 heavy (non-hydrogen) atoms. The third kappa shape index (κ3) is 5.06. The molecule has 0 fully saturated rings. The molecule has 3 rings (SSSR count). The van der Waals surface area contributed by atoms with Crippen LogP contribution in [0.3, 0.4) is 0 Å². The highest BCUT2D eigenvalue weighted by atomic mass is 35.5. The van der Waals surface area contributed by atoms with E-state index in [1.807, 2.05) is 30.7 Å². The van der Waals surface area contributed by atoms with E-state index in [1.54, 1.807) is 24.3 Å². The number of benzene rings is 2. The molecule has 2 aromatic carbocycles. The Morgan fingerprint density at radius 2 is 1.62 bits per heavy atom. The predicted octanol–water partition coefficient (Wildman–Crippen LogP) is 6.12. The summed E-state index contributed by atoms with van der Waals surface area (Å²) in [5, 5.41) is 24.7. The van der Waals surface area contributed by atoms with Gasteiger partial charge in [-0.3, -0.25) is 4.68 Å². The molecule has 0 saturated heterocycles. The quantitative estimate of drug-likeness (QED) is 0.429. The molecule has 0 aliphatic rings. The van der Waals surface area contributed by atoms with Crippen LogP contribution in [0, 0.1) is 0 Å². The minimum atomic E-state index is -1.56. The molecule has 3 aromatic rings. The number of para-hydroxylation sites is 1. The molecule has 0 unspecified atom stereocenters. The van der Waals surface area contributed by atoms with Crippen LogP contribution in [0.15, 0.2) is 42.5 Å². The number of amides is 2. The molecule has 0 spiro atoms. The van der Waals surface area contributed by atoms with E-state index < -0.39 is 12.2 Å². The SMILES string of the molecule is CCc1nn(Cc2ccccc2N(C(=O)O)C(=O)O)c(CC)c1Cc1cc(Cl)cc(Cl)c1. The van der Waals surface area contributed by atoms with Crippen molar-refractivity contribution in [2.45, 2.75) is 39.7 Å². The second kappa shape index (κ2) is 10.1. The first kappa shape index (κ1) is 23.6. The van der Waals surface area contributed by atoms with E-state index in [0.29, 0.717) is 39.8 Å². The summed E-state index contributed by atoms with van der Waals surface area (Å²) in [6, 6.07) is 12.0. The molecule has 0 radical (unpaired) electrons. The van der Waals surface area contributed by atoms with Crippen molar-refractivity contribution < 1.29 is 19.8 Å². The minimum Gasteiger partial charge on any atom is -0.464 e. The first-order valence-corrected chi connectivity index (χ1v) is 10.9. The molecule has 0 bridgehead atoms. The molecule has 0 aliphatic carbocycles. The number of nitrogens with zero attached hydrogens (tertiary/aromatic N) is 3. The fourth-order valence-electron chi connectivity index (χ4n) is 3.83. The van der Waals surface area contributed by atoms with Gasteiger partial charge in [0.25, 0.3) is 0 Å². The van der Waals surface area contributed by atoms with Gasteiger partial charge in [-0.2, -0.15) is 10.00 Å². The molecule has 2 amide bonds. The van der Waals surface area contributed by atoms with Crippen molar-refractivity contribution in [2.24, 2.45) is 0 Å². The summed E-state index contributed by atoms with van der Waals surface area (Å²) in [5.74, 6) is 0. The molecule has 7 nitrogen and oxygen atoms in total. The maximum Gasteiger partial charge on any atom is 0.421 e. The van der Waals surface area contributed by atoms with Crippen molar-refractivity contribution >= 4 is 41.1 Å². The van der Waals surface area contributed by atoms with Gasteiger partial charge in [0.05, 0.1) is 17.9 Å². The number of aryl methyl sites for hydroxylation is 1. The van der Waals surface area contributed by atoms with Gasteiger partial charge in [-0.25, -0.2) is 9.59 Å². The lowest BCUT2D eigenvalue weighted by Gasteiger charge is -2.18. The van der Waals surface area contributed by atoms with Gasteiger partial charge in [-0.05, 0) is 48.2 Å². The predicted molar refractivity (Wildman–Crippen MR) is 124 cm³/mol. The second-order valence-electron chi connectivity index (χ2n) is 7.22. The maximum absolute atomic E-state index is 11.5. The number of hydrogen-bond acceptors (Lipinski definition) is 3. The first-order valence-electron chi connectivity index (χ1n) is 10.1. The highest BCUT2D eigenvalue weighted by Crippen LogP contribution is 2.27. The molecular weight excluding hydrogens is 453 g/mol. The number of hydrogen-bond donors (Lipinski definition) is 2. The van der Waals surface area contributed by atoms with E-state index in [9.17, 15) is 19.8 Å². The van der Waals surface area contributed by atoms with Crippen molar-refractivity contribution in [1.82, 2.24) is 9.78 Å². The Bertz CT molecular complexity index is 1130. The van der Waals surface area contributed by atoms with Gasteiger partial charge in [0.1, 0.15) is 0 Å². The largest absolute Gasteiger partial charge is 0.464 e. The van der Waals surface area contributed by atoms with E-state index in [4.69, 9.17) is 28.3 Å². The van der Waals surface area contributed by atoms with Crippen molar-refractivity contribution in [2.75, 3.05) is 4.90 Å². The zero-order valence-electron chi connectivity index (χ0n) is 17.7. The standard InChI is InChI=1S/C23H23Cl2N3O4/c1-3-19-18(11-14-9-16(24)12-17(25)10-14)20(4-2)27(26-19)13-15-7-5-6-8-21(15)28(22(29)30)23(31)32/h5-10,12H,3-4,11,13H2,1-2H3,(H,29,30)(H,31,32). The van der Waals surface area contributed by atoms with Crippen LogP contribution in [0.25, 0.3) is 0 Å². The zero-order chi connectivity index (χ0) is 23.4. The zero-order valence-corrected chi connectivity index (χ0v) is 19.2. The number of anilines is 1. The van der Waals surface area contributed by atoms with Crippen LogP contribution in [0.4, 0.5) is 15.3 Å². The van der Waals surface area contributed by atoms with Gasteiger partial charge in [0, 0.05) is 27.7 Å². The Hall–Kier alpha value is -3.03. The van der Waals surface area contributed by atoms with Crippen LogP contribution in [-0.2, 0) is 25.8 Å². The van der Waals surface area contributed by atoms with Gasteiger partial charge in [-0.1, -0.05) is 55.2 Å². The van der Waals surface area contributed by atoms with E-state index in [2.05, 4.69) is 0 Å². The summed E-state index contributed by atoms with van der Waals surface area (Å²) in [6.45, 7) is 4.28. The monoisotopic (exact) mass is 475 g/mol. The molecule has 0 atom stereocenters. The Morgan fingerprint density at radius 1 is 1.00 bits per heavy atom. The third-order valence-corrected chi connectivity index (χ3v) is 5.59. The highest BCUT2D eigenvalue weighted by Gasteiger charge is 2.25. The van der Waals surface area contributed by atoms with Crippen LogP contribution < -0.4 is 4.90 Å². The topological polar surface area (TPSA) is 95.7 Å². The number of halogens is 2. The lowest BCUT2D eigenvalue weighted by atomic mass is 10.0. The molecule has 0 aliphatic heterocycles. The van der Waals surface area contributed by atoms with E-state index >= 15 is 0 Å². The average molecular weight is 476 g/mol. The molecule has 0 saturated carbocycles. The molecule has 9 heteroatoms. The lowest BCUT2D eigenvalue weighted by molar-refractivity contribution is 0.184. The second-order valence-corrected chi connectivity index (χ2v) is 8.09. The van der Waals surface area contributed by atoms with E-state index in [-0.39, 0.29) is 12.2 Å². The number of rotatable bonds is 7. The van der Waals surface area contributed by atoms with Gasteiger partial charge in [0.2, 0.25) is 0 Å². The molecule has 1 heterocycles. The molecule has 168 valence electrons. The fourth-order valence-corrected chi connectivity index (χ4v) is 4.40. The van der Waals surface area contributed by atoms with E-state index in [1.165, 1.54) is 6.07 Å². The van der Waals surface area contributed by atoms with E-state index in [0.717, 1.165) is 22.5 Å². The van der Waals surface area contributed by atoms with Crippen LogP contribution in [0.2, 0.25) is 10.0 Å². The normalized spacial score (nSPS) is 10.9. The Morgan fingerprint density at radius 3 is 2.19 bits per heavy atom. The molecular formula is C23H23Cl2N3O4. The summed E-state index contributed by atoms with van der Waals surface area (Å²) in [7, 11) is 0. The maximum atomic E-state index is 11.5. The first-order chi connectivity index (χ1) is 15.2. The summed E-state index contributed by atoms with van der Waals surface area (Å²) < 4.78 is 1.82. The van der Waals surface area contributed by atoms with Crippen molar-refractivity contribution in [1.29, 1.82) is 0 Å². The van der Waals surface area contributed by atoms with Crippen LogP contribution in [0.1, 0.15) is 41.9 Å². The number of carboxylic acid groups (broad SMARTS) is 2. The summed E-state index contributed by atoms with van der Waals surface area (Å²) >= 11 is 12.3. The highest BCUT2D eigenvalue weighted by molar-refractivity contribution is 6.34. The van der Waals surface area contributed by atoms with Crippen molar-refractivity contribution in [3.8, 4) is 0 Å². The van der Waals surface area contributed by atoms with Crippen LogP contribution >= 0.6 is 23.2 Å². The number of carbonyl (C=O) groups is 2. The Labute approximate surface area is 195 Å². The smallest absolute Gasteiger partial charge is 0.421 e. The van der Waals surface area contributed by atoms with Gasteiger partial charge < -0.3 is 10.2 Å². The van der Waals surface area contributed by atoms with Crippen molar-refractivity contribution in [3.63, 3.8) is 0 Å². The number of aromatic nitrogens is 2. The van der Waals surface area contributed by atoms with Gasteiger partial charge in [0.15, 0.2) is 0 Å². The van der Waals surface area contributed by atoms with Gasteiger partial charge in [-0.15, -0.1) is 0 Å². The van der Waals surface area contributed by atoms with Crippen molar-refractivity contribution in [3.05, 3.63) is 80.6 Å². The van der Waals surface area contributed by atoms with Crippen LogP contribution in [-0.4, -0.2) is 32.2 Å². The van der Waals surface area contributed by atoms with Gasteiger partial charge >= 0.3 is 12.2 Å². The Balaban J connectivity index is 2.04. The third-order valence-electron chi connectivity index (χ3n) is 5.16. The molecule has 2 N–H and O–H groups in total. The summed E-state index contributed by atoms with van der Waals surface area (Å²) in [4.78, 5) is 23.4. The molecule has 1 aromatic heterocycles.